The molecule has 2 aromatic rings. The summed E-state index contributed by atoms with van der Waals surface area (Å²) in [5.41, 5.74) is 1.38. The number of carbonyl (C=O) groups excluding carboxylic acids is 2. The van der Waals surface area contributed by atoms with Crippen LogP contribution in [0.2, 0.25) is 0 Å². The first-order chi connectivity index (χ1) is 13.2. The molecule has 4 rings (SSSR count). The van der Waals surface area contributed by atoms with Gasteiger partial charge in [-0.15, -0.1) is 10.2 Å². The molecule has 3 heterocycles. The number of carbonyl (C=O) groups is 2. The molecule has 27 heavy (non-hydrogen) atoms. The molecule has 0 radical (unpaired) electrons. The van der Waals surface area contributed by atoms with E-state index in [-0.39, 0.29) is 30.2 Å². The van der Waals surface area contributed by atoms with Crippen molar-refractivity contribution in [3.63, 3.8) is 0 Å². The summed E-state index contributed by atoms with van der Waals surface area (Å²) >= 11 is 2.74. The first-order valence-corrected chi connectivity index (χ1v) is 10.5. The van der Waals surface area contributed by atoms with Crippen molar-refractivity contribution in [2.24, 2.45) is 0 Å². The van der Waals surface area contributed by atoms with Crippen molar-refractivity contribution in [2.45, 2.75) is 23.3 Å². The number of nitrogens with one attached hydrogen (secondary N) is 2. The predicted molar refractivity (Wildman–Crippen MR) is 106 cm³/mol. The maximum Gasteiger partial charge on any atom is 0.244 e. The van der Waals surface area contributed by atoms with Gasteiger partial charge in [0.1, 0.15) is 6.54 Å². The standard InChI is InChI=1S/C17H19N5O3S2/c23-14-9-22(13-6-2-1-5-12(13)19-14)15(24)10-26-17-21-20-16(27-17)18-8-11-4-3-7-25-11/h1-2,5-6,11H,3-4,7-10H2,(H,18,20)(H,19,23)/t11-/m0/s1. The van der Waals surface area contributed by atoms with Crippen LogP contribution in [0.1, 0.15) is 12.8 Å². The highest BCUT2D eigenvalue weighted by Gasteiger charge is 2.26. The molecule has 2 aliphatic heterocycles. The van der Waals surface area contributed by atoms with Crippen molar-refractivity contribution in [3.05, 3.63) is 24.3 Å². The summed E-state index contributed by atoms with van der Waals surface area (Å²) in [6.45, 7) is 1.57. The second kappa shape index (κ2) is 8.24. The molecular formula is C17H19N5O3S2. The number of ether oxygens (including phenoxy) is 1. The average molecular weight is 406 g/mol. The van der Waals surface area contributed by atoms with Gasteiger partial charge in [-0.2, -0.15) is 0 Å². The lowest BCUT2D eigenvalue weighted by Crippen LogP contribution is -2.43. The van der Waals surface area contributed by atoms with E-state index in [9.17, 15) is 9.59 Å². The van der Waals surface area contributed by atoms with Gasteiger partial charge in [-0.25, -0.2) is 0 Å². The minimum absolute atomic E-state index is 0.0285. The Labute approximate surface area is 164 Å². The van der Waals surface area contributed by atoms with E-state index >= 15 is 0 Å². The lowest BCUT2D eigenvalue weighted by molar-refractivity contribution is -0.120. The summed E-state index contributed by atoms with van der Waals surface area (Å²) in [5.74, 6) is -0.128. The van der Waals surface area contributed by atoms with E-state index in [0.717, 1.165) is 36.8 Å². The van der Waals surface area contributed by atoms with Crippen LogP contribution < -0.4 is 15.5 Å². The Morgan fingerprint density at radius 3 is 3.15 bits per heavy atom. The number of benzene rings is 1. The Hall–Kier alpha value is -2.17. The fourth-order valence-electron chi connectivity index (χ4n) is 3.00. The lowest BCUT2D eigenvalue weighted by Gasteiger charge is -2.28. The van der Waals surface area contributed by atoms with Gasteiger partial charge in [-0.05, 0) is 25.0 Å². The van der Waals surface area contributed by atoms with E-state index in [2.05, 4.69) is 20.8 Å². The van der Waals surface area contributed by atoms with Gasteiger partial charge in [0.05, 0.1) is 23.2 Å². The van der Waals surface area contributed by atoms with Crippen molar-refractivity contribution < 1.29 is 14.3 Å². The minimum Gasteiger partial charge on any atom is -0.376 e. The zero-order valence-corrected chi connectivity index (χ0v) is 16.1. The van der Waals surface area contributed by atoms with Crippen LogP contribution in [0.4, 0.5) is 16.5 Å². The van der Waals surface area contributed by atoms with E-state index in [1.165, 1.54) is 28.0 Å². The van der Waals surface area contributed by atoms with Gasteiger partial charge in [0.2, 0.25) is 16.9 Å². The SMILES string of the molecule is O=C1CN(C(=O)CSc2nnc(NC[C@@H]3CCCO3)s2)c2ccccc2N1. The van der Waals surface area contributed by atoms with Gasteiger partial charge >= 0.3 is 0 Å². The van der Waals surface area contributed by atoms with Crippen LogP contribution in [0.3, 0.4) is 0 Å². The number of para-hydroxylation sites is 2. The van der Waals surface area contributed by atoms with Crippen LogP contribution >= 0.6 is 23.1 Å². The van der Waals surface area contributed by atoms with E-state index in [1.54, 1.807) is 6.07 Å². The van der Waals surface area contributed by atoms with E-state index in [0.29, 0.717) is 10.0 Å². The number of rotatable bonds is 6. The lowest BCUT2D eigenvalue weighted by atomic mass is 10.2. The maximum absolute atomic E-state index is 12.6. The number of fused-ring (bicyclic) bond motifs is 1. The normalized spacial score (nSPS) is 18.9. The molecule has 10 heteroatoms. The van der Waals surface area contributed by atoms with Gasteiger partial charge < -0.3 is 20.3 Å². The molecule has 0 bridgehead atoms. The number of anilines is 3. The van der Waals surface area contributed by atoms with E-state index in [1.807, 2.05) is 18.2 Å². The third kappa shape index (κ3) is 4.40. The maximum atomic E-state index is 12.6. The van der Waals surface area contributed by atoms with Crippen molar-refractivity contribution in [1.82, 2.24) is 10.2 Å². The first kappa shape index (κ1) is 18.2. The number of hydrogen-bond donors (Lipinski definition) is 2. The number of hydrogen-bond acceptors (Lipinski definition) is 8. The van der Waals surface area contributed by atoms with Crippen LogP contribution in [0, 0.1) is 0 Å². The molecule has 2 amide bonds. The number of nitrogens with zero attached hydrogens (tertiary/aromatic N) is 3. The topological polar surface area (TPSA) is 96.5 Å². The van der Waals surface area contributed by atoms with Crippen molar-refractivity contribution in [3.8, 4) is 0 Å². The van der Waals surface area contributed by atoms with Crippen molar-refractivity contribution in [1.29, 1.82) is 0 Å². The van der Waals surface area contributed by atoms with Crippen LogP contribution in [-0.4, -0.2) is 53.6 Å². The summed E-state index contributed by atoms with van der Waals surface area (Å²) in [5, 5.41) is 15.0. The zero-order valence-electron chi connectivity index (χ0n) is 14.5. The quantitative estimate of drug-likeness (QED) is 0.711. The molecule has 1 fully saturated rings. The Morgan fingerprint density at radius 2 is 2.30 bits per heavy atom. The van der Waals surface area contributed by atoms with Gasteiger partial charge in [0, 0.05) is 13.2 Å². The van der Waals surface area contributed by atoms with Crippen molar-refractivity contribution >= 4 is 51.4 Å². The first-order valence-electron chi connectivity index (χ1n) is 8.70. The van der Waals surface area contributed by atoms with E-state index < -0.39 is 0 Å². The number of amides is 2. The fourth-order valence-corrected chi connectivity index (χ4v) is 4.64. The van der Waals surface area contributed by atoms with Crippen molar-refractivity contribution in [2.75, 3.05) is 41.0 Å². The molecule has 0 saturated carbocycles. The number of thioether (sulfide) groups is 1. The molecule has 1 atom stereocenters. The van der Waals surface area contributed by atoms with Crippen LogP contribution in [-0.2, 0) is 14.3 Å². The summed E-state index contributed by atoms with van der Waals surface area (Å²) in [6.07, 6.45) is 2.40. The molecule has 0 unspecified atom stereocenters. The zero-order chi connectivity index (χ0) is 18.6. The van der Waals surface area contributed by atoms with Crippen LogP contribution in [0.15, 0.2) is 28.6 Å². The summed E-state index contributed by atoms with van der Waals surface area (Å²) in [7, 11) is 0. The predicted octanol–water partition coefficient (Wildman–Crippen LogP) is 2.21. The summed E-state index contributed by atoms with van der Waals surface area (Å²) in [6, 6.07) is 7.29. The molecular weight excluding hydrogens is 386 g/mol. The molecule has 0 aliphatic carbocycles. The van der Waals surface area contributed by atoms with Crippen LogP contribution in [0.5, 0.6) is 0 Å². The highest BCUT2D eigenvalue weighted by atomic mass is 32.2. The third-order valence-electron chi connectivity index (χ3n) is 4.30. The van der Waals surface area contributed by atoms with E-state index in [4.69, 9.17) is 4.74 Å². The van der Waals surface area contributed by atoms with Gasteiger partial charge in [0.15, 0.2) is 4.34 Å². The van der Waals surface area contributed by atoms with Crippen LogP contribution in [0.25, 0.3) is 0 Å². The Kier molecular flexibility index (Phi) is 5.55. The molecule has 1 saturated heterocycles. The highest BCUT2D eigenvalue weighted by Crippen LogP contribution is 2.31. The van der Waals surface area contributed by atoms with Gasteiger partial charge in [-0.3, -0.25) is 9.59 Å². The van der Waals surface area contributed by atoms with Gasteiger partial charge in [0.25, 0.3) is 0 Å². The molecule has 2 N–H and O–H groups in total. The Balaban J connectivity index is 1.32. The fraction of sp³-hybridized carbons (Fsp3) is 0.412. The molecule has 8 nitrogen and oxygen atoms in total. The second-order valence-electron chi connectivity index (χ2n) is 6.22. The molecule has 142 valence electrons. The highest BCUT2D eigenvalue weighted by molar-refractivity contribution is 8.01. The molecule has 1 aromatic carbocycles. The van der Waals surface area contributed by atoms with Gasteiger partial charge in [-0.1, -0.05) is 35.2 Å². The average Bonchev–Trinajstić information content (AvgIpc) is 3.35. The summed E-state index contributed by atoms with van der Waals surface area (Å²) < 4.78 is 6.29. The molecule has 1 aromatic heterocycles. The summed E-state index contributed by atoms with van der Waals surface area (Å²) in [4.78, 5) is 26.0. The Bertz CT molecular complexity index is 837. The molecule has 2 aliphatic rings. The second-order valence-corrected chi connectivity index (χ2v) is 8.42. The minimum atomic E-state index is -0.191. The number of aromatic nitrogens is 2. The molecule has 0 spiro atoms. The third-order valence-corrected chi connectivity index (χ3v) is 6.30. The largest absolute Gasteiger partial charge is 0.376 e. The Morgan fingerprint density at radius 1 is 1.41 bits per heavy atom. The monoisotopic (exact) mass is 405 g/mol. The smallest absolute Gasteiger partial charge is 0.244 e.